The fourth-order valence-corrected chi connectivity index (χ4v) is 3.20. The van der Waals surface area contributed by atoms with Crippen molar-refractivity contribution in [2.24, 2.45) is 0 Å². The van der Waals surface area contributed by atoms with Gasteiger partial charge in [-0.2, -0.15) is 10.2 Å². The molecule has 0 spiro atoms. The number of nitriles is 1. The molecule has 3 N–H and O–H groups in total. The van der Waals surface area contributed by atoms with E-state index < -0.39 is 0 Å². The second-order valence-electron chi connectivity index (χ2n) is 4.85. The van der Waals surface area contributed by atoms with E-state index in [1.165, 1.54) is 11.8 Å². The first-order valence-corrected chi connectivity index (χ1v) is 9.13. The molecule has 0 radical (unpaired) electrons. The molecule has 1 aromatic carbocycles. The summed E-state index contributed by atoms with van der Waals surface area (Å²) < 4.78 is 0. The highest BCUT2D eigenvalue weighted by Gasteiger charge is 2.17. The van der Waals surface area contributed by atoms with Gasteiger partial charge < -0.3 is 15.5 Å². The minimum Gasteiger partial charge on any atom is -0.492 e. The Morgan fingerprint density at radius 3 is 2.88 bits per heavy atom. The zero-order valence-corrected chi connectivity index (χ0v) is 15.1. The lowest BCUT2D eigenvalue weighted by Crippen LogP contribution is -2.20. The number of hydrogen-bond acceptors (Lipinski definition) is 8. The SMILES string of the molecule is C[C@H](CO)Nc1nc(SCc2cccc(Cl)c2)nc(O)c1SC#N. The first-order valence-electron chi connectivity index (χ1n) is 6.95. The average Bonchev–Trinajstić information content (AvgIpc) is 2.56. The monoisotopic (exact) mass is 382 g/mol. The molecule has 0 aliphatic carbocycles. The number of thiocyanates is 1. The van der Waals surface area contributed by atoms with Gasteiger partial charge in [0.2, 0.25) is 5.88 Å². The van der Waals surface area contributed by atoms with Crippen LogP contribution < -0.4 is 5.32 Å². The van der Waals surface area contributed by atoms with Crippen molar-refractivity contribution in [3.05, 3.63) is 34.9 Å². The lowest BCUT2D eigenvalue weighted by atomic mass is 10.2. The Balaban J connectivity index is 2.22. The summed E-state index contributed by atoms with van der Waals surface area (Å²) in [5.41, 5.74) is 1.00. The van der Waals surface area contributed by atoms with Crippen molar-refractivity contribution in [2.45, 2.75) is 28.8 Å². The number of thioether (sulfide) groups is 2. The number of aromatic hydroxyl groups is 1. The van der Waals surface area contributed by atoms with Gasteiger partial charge in [0.15, 0.2) is 5.16 Å². The summed E-state index contributed by atoms with van der Waals surface area (Å²) in [6, 6.07) is 7.17. The molecule has 24 heavy (non-hydrogen) atoms. The maximum Gasteiger partial charge on any atom is 0.232 e. The third-order valence-corrected chi connectivity index (χ3v) is 4.71. The molecule has 2 rings (SSSR count). The van der Waals surface area contributed by atoms with Crippen molar-refractivity contribution in [1.29, 1.82) is 5.26 Å². The van der Waals surface area contributed by atoms with Crippen molar-refractivity contribution < 1.29 is 10.2 Å². The van der Waals surface area contributed by atoms with Gasteiger partial charge in [-0.3, -0.25) is 0 Å². The predicted molar refractivity (Wildman–Crippen MR) is 96.4 cm³/mol. The maximum atomic E-state index is 10.1. The molecule has 126 valence electrons. The number of hydrogen-bond donors (Lipinski definition) is 3. The van der Waals surface area contributed by atoms with Crippen LogP contribution in [-0.2, 0) is 5.75 Å². The van der Waals surface area contributed by atoms with E-state index in [0.717, 1.165) is 17.3 Å². The van der Waals surface area contributed by atoms with Gasteiger partial charge in [0, 0.05) is 16.8 Å². The number of nitrogens with zero attached hydrogens (tertiary/aromatic N) is 3. The lowest BCUT2D eigenvalue weighted by Gasteiger charge is -2.15. The molecule has 0 unspecified atom stereocenters. The predicted octanol–water partition coefficient (Wildman–Crippen LogP) is 3.49. The van der Waals surface area contributed by atoms with Crippen LogP contribution >= 0.6 is 35.1 Å². The topological polar surface area (TPSA) is 102 Å². The van der Waals surface area contributed by atoms with Crippen LogP contribution in [0.4, 0.5) is 5.82 Å². The molecular formula is C15H15ClN4O2S2. The largest absolute Gasteiger partial charge is 0.492 e. The summed E-state index contributed by atoms with van der Waals surface area (Å²) in [7, 11) is 0. The van der Waals surface area contributed by atoms with E-state index >= 15 is 0 Å². The summed E-state index contributed by atoms with van der Waals surface area (Å²) in [5, 5.41) is 34.0. The van der Waals surface area contributed by atoms with Crippen molar-refractivity contribution in [3.8, 4) is 11.3 Å². The smallest absolute Gasteiger partial charge is 0.232 e. The molecular weight excluding hydrogens is 368 g/mol. The van der Waals surface area contributed by atoms with Crippen molar-refractivity contribution in [3.63, 3.8) is 0 Å². The fraction of sp³-hybridized carbons (Fsp3) is 0.267. The van der Waals surface area contributed by atoms with Gasteiger partial charge in [-0.15, -0.1) is 0 Å². The van der Waals surface area contributed by atoms with Gasteiger partial charge in [-0.05, 0) is 36.4 Å². The Labute approximate surface area is 153 Å². The van der Waals surface area contributed by atoms with Crippen LogP contribution in [0.1, 0.15) is 12.5 Å². The van der Waals surface area contributed by atoms with E-state index in [1.807, 2.05) is 23.6 Å². The van der Waals surface area contributed by atoms with Crippen LogP contribution in [0, 0.1) is 10.7 Å². The molecule has 1 heterocycles. The summed E-state index contributed by atoms with van der Waals surface area (Å²) in [5.74, 6) is 0.640. The highest BCUT2D eigenvalue weighted by molar-refractivity contribution is 8.04. The summed E-state index contributed by atoms with van der Waals surface area (Å²) in [6.45, 7) is 1.66. The molecule has 1 aromatic heterocycles. The summed E-state index contributed by atoms with van der Waals surface area (Å²) >= 11 is 8.06. The lowest BCUT2D eigenvalue weighted by molar-refractivity contribution is 0.281. The molecule has 0 aliphatic rings. The van der Waals surface area contributed by atoms with Gasteiger partial charge in [-0.25, -0.2) is 4.98 Å². The Morgan fingerprint density at radius 2 is 2.21 bits per heavy atom. The van der Waals surface area contributed by atoms with Crippen LogP contribution in [0.25, 0.3) is 0 Å². The number of anilines is 1. The molecule has 0 fully saturated rings. The Bertz CT molecular complexity index is 755. The second kappa shape index (κ2) is 8.99. The molecule has 9 heteroatoms. The molecule has 0 aliphatic heterocycles. The second-order valence-corrected chi connectivity index (χ2v) is 7.02. The van der Waals surface area contributed by atoms with Crippen LogP contribution in [0.5, 0.6) is 5.88 Å². The molecule has 2 aromatic rings. The van der Waals surface area contributed by atoms with Crippen LogP contribution in [0.2, 0.25) is 5.02 Å². The van der Waals surface area contributed by atoms with Gasteiger partial charge in [0.25, 0.3) is 0 Å². The summed E-state index contributed by atoms with van der Waals surface area (Å²) in [4.78, 5) is 8.61. The highest BCUT2D eigenvalue weighted by atomic mass is 35.5. The Kier molecular flexibility index (Phi) is 6.99. The van der Waals surface area contributed by atoms with E-state index in [4.69, 9.17) is 16.9 Å². The minimum absolute atomic E-state index is 0.105. The highest BCUT2D eigenvalue weighted by Crippen LogP contribution is 2.35. The van der Waals surface area contributed by atoms with Crippen molar-refractivity contribution >= 4 is 40.9 Å². The number of aliphatic hydroxyl groups is 1. The van der Waals surface area contributed by atoms with Gasteiger partial charge >= 0.3 is 0 Å². The molecule has 0 amide bonds. The number of benzene rings is 1. The molecule has 0 bridgehead atoms. The Hall–Kier alpha value is -1.66. The third-order valence-electron chi connectivity index (χ3n) is 2.89. The van der Waals surface area contributed by atoms with Crippen molar-refractivity contribution in [2.75, 3.05) is 11.9 Å². The standard InChI is InChI=1S/C15H15ClN4O2S2/c1-9(6-21)18-13-12(24-8-17)14(22)20-15(19-13)23-7-10-3-2-4-11(16)5-10/h2-5,9,21H,6-7H2,1H3,(H2,18,19,20,22)/t9-/m1/s1. The Morgan fingerprint density at radius 1 is 1.42 bits per heavy atom. The molecule has 1 atom stereocenters. The maximum absolute atomic E-state index is 10.1. The van der Waals surface area contributed by atoms with E-state index in [0.29, 0.717) is 21.7 Å². The van der Waals surface area contributed by atoms with E-state index in [9.17, 15) is 10.2 Å². The van der Waals surface area contributed by atoms with Crippen LogP contribution in [0.15, 0.2) is 34.3 Å². The first kappa shape index (κ1) is 18.7. The van der Waals surface area contributed by atoms with Gasteiger partial charge in [0.1, 0.15) is 16.1 Å². The van der Waals surface area contributed by atoms with Crippen LogP contribution in [-0.4, -0.2) is 32.8 Å². The summed E-state index contributed by atoms with van der Waals surface area (Å²) in [6.07, 6.45) is 0. The third kappa shape index (κ3) is 5.18. The zero-order valence-electron chi connectivity index (χ0n) is 12.7. The first-order chi connectivity index (χ1) is 11.5. The zero-order chi connectivity index (χ0) is 17.5. The fourth-order valence-electron chi connectivity index (χ4n) is 1.77. The molecule has 6 nitrogen and oxygen atoms in total. The minimum atomic E-state index is -0.275. The average molecular weight is 383 g/mol. The van der Waals surface area contributed by atoms with Gasteiger partial charge in [0.05, 0.1) is 6.61 Å². The van der Waals surface area contributed by atoms with Crippen LogP contribution in [0.3, 0.4) is 0 Å². The number of aromatic nitrogens is 2. The van der Waals surface area contributed by atoms with E-state index in [1.54, 1.807) is 13.0 Å². The number of aliphatic hydroxyl groups excluding tert-OH is 1. The van der Waals surface area contributed by atoms with Crippen molar-refractivity contribution in [1.82, 2.24) is 9.97 Å². The molecule has 0 saturated heterocycles. The van der Waals surface area contributed by atoms with E-state index in [2.05, 4.69) is 15.3 Å². The quantitative estimate of drug-likeness (QED) is 0.380. The number of nitrogens with one attached hydrogen (secondary N) is 1. The van der Waals surface area contributed by atoms with E-state index in [-0.39, 0.29) is 23.4 Å². The van der Waals surface area contributed by atoms with Gasteiger partial charge in [-0.1, -0.05) is 35.5 Å². The number of halogens is 1. The molecule has 0 saturated carbocycles. The normalized spacial score (nSPS) is 11.8. The number of rotatable bonds is 7.